The van der Waals surface area contributed by atoms with E-state index in [-0.39, 0.29) is 24.4 Å². The third-order valence-electron chi connectivity index (χ3n) is 4.74. The van der Waals surface area contributed by atoms with Crippen LogP contribution in [-0.4, -0.2) is 50.1 Å². The molecular formula is C20H33N5O2. The van der Waals surface area contributed by atoms with E-state index in [1.807, 2.05) is 26.0 Å². The quantitative estimate of drug-likeness (QED) is 0.563. The molecule has 150 valence electrons. The average Bonchev–Trinajstić information content (AvgIpc) is 2.86. The van der Waals surface area contributed by atoms with Crippen molar-refractivity contribution in [3.05, 3.63) is 23.8 Å². The van der Waals surface area contributed by atoms with Crippen LogP contribution >= 0.6 is 0 Å². The topological polar surface area (TPSA) is 99.5 Å². The number of nitrogens with zero attached hydrogens (tertiary/aromatic N) is 1. The van der Waals surface area contributed by atoms with E-state index in [1.54, 1.807) is 6.07 Å². The predicted octanol–water partition coefficient (Wildman–Crippen LogP) is 1.35. The SMILES string of the molecule is CC(C)NC(=O)CNC(=O)c1cc(N2CCCN[C@@H](C(C)C)C2)ccc1N. The summed E-state index contributed by atoms with van der Waals surface area (Å²) in [5.41, 5.74) is 7.82. The van der Waals surface area contributed by atoms with E-state index in [0.717, 1.165) is 31.7 Å². The van der Waals surface area contributed by atoms with Gasteiger partial charge in [0.1, 0.15) is 0 Å². The zero-order valence-electron chi connectivity index (χ0n) is 16.8. The molecule has 2 rings (SSSR count). The Kier molecular flexibility index (Phi) is 7.47. The third kappa shape index (κ3) is 6.13. The summed E-state index contributed by atoms with van der Waals surface area (Å²) in [6, 6.07) is 5.99. The van der Waals surface area contributed by atoms with Gasteiger partial charge in [-0.15, -0.1) is 0 Å². The summed E-state index contributed by atoms with van der Waals surface area (Å²) in [7, 11) is 0. The fourth-order valence-corrected chi connectivity index (χ4v) is 3.20. The molecule has 0 saturated carbocycles. The molecule has 1 fully saturated rings. The van der Waals surface area contributed by atoms with E-state index in [9.17, 15) is 9.59 Å². The molecule has 0 spiro atoms. The molecule has 1 aliphatic heterocycles. The second-order valence-corrected chi connectivity index (χ2v) is 7.78. The zero-order chi connectivity index (χ0) is 20.0. The molecule has 1 aromatic rings. The Bertz CT molecular complexity index is 660. The van der Waals surface area contributed by atoms with Crippen LogP contribution in [0.3, 0.4) is 0 Å². The van der Waals surface area contributed by atoms with Crippen molar-refractivity contribution in [2.75, 3.05) is 36.8 Å². The van der Waals surface area contributed by atoms with Gasteiger partial charge in [-0.25, -0.2) is 0 Å². The minimum absolute atomic E-state index is 0.0355. The monoisotopic (exact) mass is 375 g/mol. The number of benzene rings is 1. The minimum atomic E-state index is -0.332. The molecule has 7 nitrogen and oxygen atoms in total. The lowest BCUT2D eigenvalue weighted by atomic mass is 10.0. The highest BCUT2D eigenvalue weighted by Gasteiger charge is 2.22. The van der Waals surface area contributed by atoms with Crippen molar-refractivity contribution >= 4 is 23.2 Å². The number of amides is 2. The highest BCUT2D eigenvalue weighted by molar-refractivity contribution is 6.01. The van der Waals surface area contributed by atoms with Gasteiger partial charge in [0.05, 0.1) is 12.1 Å². The number of nitrogens with two attached hydrogens (primary N) is 1. The standard InChI is InChI=1S/C20H33N5O2/c1-13(2)18-12-25(9-5-8-22-18)15-6-7-17(21)16(10-15)20(27)23-11-19(26)24-14(3)4/h6-7,10,13-14,18,22H,5,8-9,11-12,21H2,1-4H3,(H,23,27)(H,24,26)/t18-/m1/s1. The van der Waals surface area contributed by atoms with Gasteiger partial charge in [-0.05, 0) is 50.9 Å². The number of hydrogen-bond donors (Lipinski definition) is 4. The third-order valence-corrected chi connectivity index (χ3v) is 4.74. The molecule has 2 amide bonds. The summed E-state index contributed by atoms with van der Waals surface area (Å²) in [6.45, 7) is 10.9. The number of carbonyl (C=O) groups is 2. The van der Waals surface area contributed by atoms with Crippen LogP contribution in [0.5, 0.6) is 0 Å². The van der Waals surface area contributed by atoms with Crippen LogP contribution in [0.25, 0.3) is 0 Å². The Labute approximate surface area is 162 Å². The molecule has 1 heterocycles. The van der Waals surface area contributed by atoms with Crippen molar-refractivity contribution in [3.8, 4) is 0 Å². The first-order chi connectivity index (χ1) is 12.8. The first-order valence-corrected chi connectivity index (χ1v) is 9.73. The smallest absolute Gasteiger partial charge is 0.253 e. The fourth-order valence-electron chi connectivity index (χ4n) is 3.20. The maximum absolute atomic E-state index is 12.5. The summed E-state index contributed by atoms with van der Waals surface area (Å²) in [4.78, 5) is 26.6. The van der Waals surface area contributed by atoms with Crippen molar-refractivity contribution in [2.24, 2.45) is 5.92 Å². The number of anilines is 2. The van der Waals surface area contributed by atoms with Gasteiger partial charge in [0, 0.05) is 36.5 Å². The Hall–Kier alpha value is -2.28. The van der Waals surface area contributed by atoms with Crippen LogP contribution in [0.2, 0.25) is 0 Å². The lowest BCUT2D eigenvalue weighted by Crippen LogP contribution is -2.41. The molecule has 0 aliphatic carbocycles. The van der Waals surface area contributed by atoms with E-state index in [0.29, 0.717) is 23.2 Å². The summed E-state index contributed by atoms with van der Waals surface area (Å²) in [5, 5.41) is 8.99. The second kappa shape index (κ2) is 9.60. The molecule has 7 heteroatoms. The van der Waals surface area contributed by atoms with Crippen molar-refractivity contribution < 1.29 is 9.59 Å². The van der Waals surface area contributed by atoms with Crippen LogP contribution in [-0.2, 0) is 4.79 Å². The molecular weight excluding hydrogens is 342 g/mol. The van der Waals surface area contributed by atoms with Gasteiger partial charge in [0.25, 0.3) is 5.91 Å². The van der Waals surface area contributed by atoms with E-state index >= 15 is 0 Å². The molecule has 1 saturated heterocycles. The molecule has 1 aliphatic rings. The Morgan fingerprint density at radius 2 is 2.04 bits per heavy atom. The molecule has 0 aromatic heterocycles. The number of rotatable bonds is 6. The molecule has 1 aromatic carbocycles. The van der Waals surface area contributed by atoms with Gasteiger partial charge in [0.2, 0.25) is 5.91 Å². The molecule has 1 atom stereocenters. The number of carbonyl (C=O) groups excluding carboxylic acids is 2. The Morgan fingerprint density at radius 1 is 1.30 bits per heavy atom. The fraction of sp³-hybridized carbons (Fsp3) is 0.600. The second-order valence-electron chi connectivity index (χ2n) is 7.78. The minimum Gasteiger partial charge on any atom is -0.398 e. The average molecular weight is 376 g/mol. The van der Waals surface area contributed by atoms with E-state index in [2.05, 4.69) is 34.7 Å². The van der Waals surface area contributed by atoms with Crippen LogP contribution in [0.4, 0.5) is 11.4 Å². The maximum Gasteiger partial charge on any atom is 0.253 e. The summed E-state index contributed by atoms with van der Waals surface area (Å²) in [6.07, 6.45) is 1.05. The normalized spacial score (nSPS) is 17.7. The van der Waals surface area contributed by atoms with Crippen LogP contribution < -0.4 is 26.6 Å². The number of nitrogens with one attached hydrogen (secondary N) is 3. The highest BCUT2D eigenvalue weighted by Crippen LogP contribution is 2.23. The summed E-state index contributed by atoms with van der Waals surface area (Å²) < 4.78 is 0. The molecule has 0 radical (unpaired) electrons. The highest BCUT2D eigenvalue weighted by atomic mass is 16.2. The van der Waals surface area contributed by atoms with Crippen molar-refractivity contribution in [2.45, 2.75) is 46.2 Å². The van der Waals surface area contributed by atoms with Crippen LogP contribution in [0, 0.1) is 5.92 Å². The molecule has 27 heavy (non-hydrogen) atoms. The van der Waals surface area contributed by atoms with Crippen molar-refractivity contribution in [1.29, 1.82) is 0 Å². The van der Waals surface area contributed by atoms with Crippen LogP contribution in [0.15, 0.2) is 18.2 Å². The Balaban J connectivity index is 2.10. The van der Waals surface area contributed by atoms with Gasteiger partial charge in [-0.2, -0.15) is 0 Å². The van der Waals surface area contributed by atoms with E-state index in [4.69, 9.17) is 5.73 Å². The largest absolute Gasteiger partial charge is 0.398 e. The first-order valence-electron chi connectivity index (χ1n) is 9.73. The maximum atomic E-state index is 12.5. The zero-order valence-corrected chi connectivity index (χ0v) is 16.8. The van der Waals surface area contributed by atoms with Gasteiger partial charge in [0.15, 0.2) is 0 Å². The predicted molar refractivity (Wildman–Crippen MR) is 110 cm³/mol. The van der Waals surface area contributed by atoms with Crippen LogP contribution in [0.1, 0.15) is 44.5 Å². The number of hydrogen-bond acceptors (Lipinski definition) is 5. The lowest BCUT2D eigenvalue weighted by Gasteiger charge is -2.29. The molecule has 0 unspecified atom stereocenters. The Morgan fingerprint density at radius 3 is 2.70 bits per heavy atom. The lowest BCUT2D eigenvalue weighted by molar-refractivity contribution is -0.120. The molecule has 5 N–H and O–H groups in total. The number of nitrogen functional groups attached to an aromatic ring is 1. The van der Waals surface area contributed by atoms with E-state index < -0.39 is 0 Å². The van der Waals surface area contributed by atoms with Gasteiger partial charge in [-0.1, -0.05) is 13.8 Å². The first kappa shape index (κ1) is 21.0. The van der Waals surface area contributed by atoms with Gasteiger partial charge >= 0.3 is 0 Å². The van der Waals surface area contributed by atoms with Gasteiger partial charge < -0.3 is 26.6 Å². The van der Waals surface area contributed by atoms with Crippen molar-refractivity contribution in [1.82, 2.24) is 16.0 Å². The summed E-state index contributed by atoms with van der Waals surface area (Å²) >= 11 is 0. The van der Waals surface area contributed by atoms with Crippen molar-refractivity contribution in [3.63, 3.8) is 0 Å². The summed E-state index contributed by atoms with van der Waals surface area (Å²) in [5.74, 6) is -0.0188. The van der Waals surface area contributed by atoms with Gasteiger partial charge in [-0.3, -0.25) is 9.59 Å². The van der Waals surface area contributed by atoms with E-state index in [1.165, 1.54) is 0 Å². The molecule has 0 bridgehead atoms.